The molecular weight excluding hydrogens is 571 g/mol. The standard InChI is InChI=1S/C26H33FN8O4S2/c1-24(36)4-2-6-33(12-24)21-30-22(32-23(31-21)39-15-25-5-3-7-35(25)10-16(27)8-25)34-13-26(14-34)19-17(9-28)20(29)40-18(19)11-41(26,37)38/h16,36H,2-8,10-15,29H2,1H3/t16-,24-,25+/m1/s1. The largest absolute Gasteiger partial charge is 0.461 e. The quantitative estimate of drug-likeness (QED) is 0.505. The van der Waals surface area contributed by atoms with E-state index >= 15 is 0 Å². The zero-order valence-corrected chi connectivity index (χ0v) is 24.5. The number of β-amino-alcohol motifs (C(OH)–C–C–N with tert-alkyl or cyclic N) is 1. The zero-order valence-electron chi connectivity index (χ0n) is 22.8. The van der Waals surface area contributed by atoms with Gasteiger partial charge in [0.1, 0.15) is 28.6 Å². The second-order valence-electron chi connectivity index (χ2n) is 12.5. The van der Waals surface area contributed by atoms with Crippen LogP contribution in [-0.4, -0.2) is 96.6 Å². The molecule has 41 heavy (non-hydrogen) atoms. The molecule has 0 aromatic carbocycles. The molecule has 0 amide bonds. The lowest BCUT2D eigenvalue weighted by Gasteiger charge is -2.47. The number of sulfone groups is 1. The minimum absolute atomic E-state index is 0.0784. The maximum absolute atomic E-state index is 14.3. The molecule has 3 atom stereocenters. The molecule has 5 aliphatic rings. The third kappa shape index (κ3) is 4.16. The highest BCUT2D eigenvalue weighted by Crippen LogP contribution is 2.54. The molecule has 5 aliphatic heterocycles. The van der Waals surface area contributed by atoms with Crippen molar-refractivity contribution in [1.29, 1.82) is 5.26 Å². The van der Waals surface area contributed by atoms with Gasteiger partial charge in [-0.05, 0) is 39.2 Å². The number of ether oxygens (including phenoxy) is 1. The number of nitrogens with two attached hydrogens (primary N) is 1. The first-order valence-electron chi connectivity index (χ1n) is 14.0. The van der Waals surface area contributed by atoms with Gasteiger partial charge < -0.3 is 25.4 Å². The van der Waals surface area contributed by atoms with Gasteiger partial charge >= 0.3 is 6.01 Å². The molecule has 12 nitrogen and oxygen atoms in total. The Morgan fingerprint density at radius 2 is 1.90 bits per heavy atom. The van der Waals surface area contributed by atoms with Crippen molar-refractivity contribution in [2.45, 2.75) is 66.8 Å². The van der Waals surface area contributed by atoms with E-state index in [0.29, 0.717) is 53.9 Å². The number of hydrogen-bond acceptors (Lipinski definition) is 13. The van der Waals surface area contributed by atoms with Crippen molar-refractivity contribution in [3.8, 4) is 12.1 Å². The molecular formula is C26H33FN8O4S2. The molecule has 0 saturated carbocycles. The van der Waals surface area contributed by atoms with Crippen LogP contribution in [0.3, 0.4) is 0 Å². The fraction of sp³-hybridized carbons (Fsp3) is 0.692. The zero-order chi connectivity index (χ0) is 28.8. The highest BCUT2D eigenvalue weighted by Gasteiger charge is 2.62. The normalized spacial score (nSPS) is 31.6. The number of thiophene rings is 1. The molecule has 0 radical (unpaired) electrons. The monoisotopic (exact) mass is 604 g/mol. The highest BCUT2D eigenvalue weighted by atomic mass is 32.2. The fourth-order valence-corrected chi connectivity index (χ4v) is 11.1. The topological polar surface area (TPSA) is 162 Å². The average Bonchev–Trinajstić information content (AvgIpc) is 3.55. The third-order valence-corrected chi connectivity index (χ3v) is 13.0. The Labute approximate surface area is 241 Å². The minimum atomic E-state index is -3.57. The number of fused-ring (bicyclic) bond motifs is 3. The van der Waals surface area contributed by atoms with Crippen molar-refractivity contribution in [3.05, 3.63) is 16.0 Å². The summed E-state index contributed by atoms with van der Waals surface area (Å²) in [5.41, 5.74) is 5.52. The number of piperidine rings is 1. The van der Waals surface area contributed by atoms with E-state index in [9.17, 15) is 23.2 Å². The van der Waals surface area contributed by atoms with Gasteiger partial charge in [0, 0.05) is 49.6 Å². The number of nitriles is 1. The third-order valence-electron chi connectivity index (χ3n) is 9.45. The molecule has 0 bridgehead atoms. The number of nitrogen functional groups attached to an aromatic ring is 1. The van der Waals surface area contributed by atoms with Gasteiger partial charge in [0.25, 0.3) is 0 Å². The second-order valence-corrected chi connectivity index (χ2v) is 15.9. The molecule has 7 heterocycles. The molecule has 2 aromatic heterocycles. The summed E-state index contributed by atoms with van der Waals surface area (Å²) in [6.45, 7) is 4.40. The number of halogens is 1. The first kappa shape index (κ1) is 27.1. The molecule has 0 aliphatic carbocycles. The van der Waals surface area contributed by atoms with Crippen molar-refractivity contribution < 1.29 is 22.7 Å². The Balaban J connectivity index is 1.20. The van der Waals surface area contributed by atoms with Crippen LogP contribution in [0.4, 0.5) is 21.3 Å². The summed E-state index contributed by atoms with van der Waals surface area (Å²) < 4.78 is 46.0. The molecule has 3 N–H and O–H groups in total. The first-order chi connectivity index (χ1) is 19.4. The SMILES string of the molecule is C[C@@]1(O)CCCN(c2nc(OC[C@@]34CCCN3C[C@H](F)C4)nc(N3CC4(C3)c3c(sc(N)c3C#N)CS4(=O)=O)n2)C1. The number of hydrogen-bond donors (Lipinski definition) is 2. The van der Waals surface area contributed by atoms with Crippen LogP contribution in [-0.2, 0) is 20.3 Å². The summed E-state index contributed by atoms with van der Waals surface area (Å²) in [6.07, 6.45) is 2.76. The Morgan fingerprint density at radius 1 is 1.17 bits per heavy atom. The Morgan fingerprint density at radius 3 is 2.63 bits per heavy atom. The molecule has 0 unspecified atom stereocenters. The van der Waals surface area contributed by atoms with Crippen LogP contribution in [0.25, 0.3) is 0 Å². The number of aliphatic hydroxyl groups is 1. The van der Waals surface area contributed by atoms with Crippen molar-refractivity contribution in [2.75, 3.05) is 61.4 Å². The lowest BCUT2D eigenvalue weighted by Crippen LogP contribution is -2.62. The molecule has 220 valence electrons. The van der Waals surface area contributed by atoms with Gasteiger partial charge in [-0.2, -0.15) is 20.2 Å². The summed E-state index contributed by atoms with van der Waals surface area (Å²) in [5, 5.41) is 20.8. The Bertz CT molecular complexity index is 1550. The summed E-state index contributed by atoms with van der Waals surface area (Å²) in [7, 11) is -3.57. The van der Waals surface area contributed by atoms with Gasteiger partial charge in [0.2, 0.25) is 11.9 Å². The van der Waals surface area contributed by atoms with Gasteiger partial charge in [-0.15, -0.1) is 11.3 Å². The van der Waals surface area contributed by atoms with E-state index in [1.807, 2.05) is 4.90 Å². The molecule has 4 saturated heterocycles. The first-order valence-corrected chi connectivity index (χ1v) is 16.5. The van der Waals surface area contributed by atoms with E-state index in [1.165, 1.54) is 0 Å². The van der Waals surface area contributed by atoms with Crippen LogP contribution in [0.1, 0.15) is 55.0 Å². The number of nitrogens with zero attached hydrogens (tertiary/aromatic N) is 7. The van der Waals surface area contributed by atoms with Crippen LogP contribution in [0.5, 0.6) is 6.01 Å². The summed E-state index contributed by atoms with van der Waals surface area (Å²) in [6, 6.07) is 2.19. The summed E-state index contributed by atoms with van der Waals surface area (Å²) >= 11 is 1.16. The van der Waals surface area contributed by atoms with Gasteiger partial charge in [-0.3, -0.25) is 4.90 Å². The summed E-state index contributed by atoms with van der Waals surface area (Å²) in [4.78, 5) is 20.3. The maximum atomic E-state index is 14.3. The predicted molar refractivity (Wildman–Crippen MR) is 150 cm³/mol. The van der Waals surface area contributed by atoms with Crippen LogP contribution < -0.4 is 20.3 Å². The molecule has 15 heteroatoms. The number of rotatable bonds is 5. The van der Waals surface area contributed by atoms with Gasteiger partial charge in [-0.25, -0.2) is 12.8 Å². The van der Waals surface area contributed by atoms with Crippen LogP contribution in [0.15, 0.2) is 0 Å². The Hall–Kier alpha value is -2.80. The van der Waals surface area contributed by atoms with Crippen molar-refractivity contribution in [1.82, 2.24) is 19.9 Å². The second kappa shape index (κ2) is 9.10. The lowest BCUT2D eigenvalue weighted by molar-refractivity contribution is 0.0443. The van der Waals surface area contributed by atoms with Gasteiger partial charge in [0.05, 0.1) is 22.5 Å². The van der Waals surface area contributed by atoms with E-state index in [-0.39, 0.29) is 48.5 Å². The number of anilines is 3. The van der Waals surface area contributed by atoms with Crippen LogP contribution >= 0.6 is 11.3 Å². The minimum Gasteiger partial charge on any atom is -0.461 e. The molecule has 2 aromatic rings. The average molecular weight is 605 g/mol. The maximum Gasteiger partial charge on any atom is 0.323 e. The van der Waals surface area contributed by atoms with Gasteiger partial charge in [0.15, 0.2) is 9.84 Å². The van der Waals surface area contributed by atoms with Crippen LogP contribution in [0, 0.1) is 11.3 Å². The molecule has 4 fully saturated rings. The lowest BCUT2D eigenvalue weighted by atomic mass is 9.88. The smallest absolute Gasteiger partial charge is 0.323 e. The van der Waals surface area contributed by atoms with E-state index < -0.39 is 26.4 Å². The van der Waals surface area contributed by atoms with E-state index in [4.69, 9.17) is 15.5 Å². The Kier molecular flexibility index (Phi) is 6.00. The van der Waals surface area contributed by atoms with E-state index in [1.54, 1.807) is 11.8 Å². The molecule has 1 spiro atoms. The molecule has 7 rings (SSSR count). The fourth-order valence-electron chi connectivity index (χ4n) is 7.45. The number of alkyl halides is 1. The van der Waals surface area contributed by atoms with E-state index in [0.717, 1.165) is 37.1 Å². The predicted octanol–water partition coefficient (Wildman–Crippen LogP) is 1.34. The number of aromatic nitrogens is 3. The van der Waals surface area contributed by atoms with E-state index in [2.05, 4.69) is 20.9 Å². The van der Waals surface area contributed by atoms with Crippen molar-refractivity contribution in [3.63, 3.8) is 0 Å². The van der Waals surface area contributed by atoms with Crippen molar-refractivity contribution in [2.24, 2.45) is 0 Å². The summed E-state index contributed by atoms with van der Waals surface area (Å²) in [5.74, 6) is 0.469. The van der Waals surface area contributed by atoms with Crippen LogP contribution in [0.2, 0.25) is 0 Å². The van der Waals surface area contributed by atoms with Crippen molar-refractivity contribution >= 4 is 38.1 Å². The highest BCUT2D eigenvalue weighted by molar-refractivity contribution is 7.92. The van der Waals surface area contributed by atoms with Gasteiger partial charge in [-0.1, -0.05) is 0 Å².